The maximum Gasteiger partial charge on any atom is 0.302 e. The minimum atomic E-state index is -0.211. The fourth-order valence-corrected chi connectivity index (χ4v) is 0.203. The smallest absolute Gasteiger partial charge is 0.302 e. The first-order valence-corrected chi connectivity index (χ1v) is 3.64. The molecule has 0 bridgehead atoms. The van der Waals surface area contributed by atoms with Crippen LogP contribution >= 0.6 is 9.24 Å². The number of esters is 1. The first-order valence-electron chi connectivity index (χ1n) is 2.48. The Morgan fingerprint density at radius 1 is 1.62 bits per heavy atom. The summed E-state index contributed by atoms with van der Waals surface area (Å²) in [6, 6.07) is 0. The fourth-order valence-electron chi connectivity index (χ4n) is 0.203. The third-order valence-corrected chi connectivity index (χ3v) is 0.348. The van der Waals surface area contributed by atoms with Gasteiger partial charge in [-0.1, -0.05) is 6.66 Å². The van der Waals surface area contributed by atoms with Crippen LogP contribution in [-0.2, 0) is 9.53 Å². The van der Waals surface area contributed by atoms with Gasteiger partial charge in [0.05, 0.1) is 6.61 Å². The zero-order chi connectivity index (χ0) is 6.99. The predicted molar refractivity (Wildman–Crippen MR) is 37.9 cm³/mol. The molecule has 1 unspecified atom stereocenters. The van der Waals surface area contributed by atoms with E-state index >= 15 is 0 Å². The summed E-state index contributed by atoms with van der Waals surface area (Å²) < 4.78 is 4.40. The molecule has 0 aromatic heterocycles. The molecule has 0 aromatic rings. The number of hydrogen-bond acceptors (Lipinski definition) is 2. The summed E-state index contributed by atoms with van der Waals surface area (Å²) in [5.41, 5.74) is 0. The van der Waals surface area contributed by atoms with Crippen molar-refractivity contribution in [3.63, 3.8) is 0 Å². The van der Waals surface area contributed by atoms with Gasteiger partial charge in [0, 0.05) is 6.92 Å². The van der Waals surface area contributed by atoms with E-state index in [-0.39, 0.29) is 5.97 Å². The molecule has 0 aliphatic rings. The molecule has 0 amide bonds. The van der Waals surface area contributed by atoms with Crippen LogP contribution in [0.25, 0.3) is 0 Å². The summed E-state index contributed by atoms with van der Waals surface area (Å²) in [5, 5.41) is 0. The molecule has 0 rings (SSSR count). The Morgan fingerprint density at radius 3 is 2.00 bits per heavy atom. The lowest BCUT2D eigenvalue weighted by molar-refractivity contribution is -0.140. The lowest BCUT2D eigenvalue weighted by Crippen LogP contribution is -1.95. The van der Waals surface area contributed by atoms with E-state index < -0.39 is 0 Å². The highest BCUT2D eigenvalue weighted by molar-refractivity contribution is 7.15. The molecule has 0 saturated heterocycles. The van der Waals surface area contributed by atoms with E-state index in [9.17, 15) is 4.79 Å². The van der Waals surface area contributed by atoms with Crippen molar-refractivity contribution in [3.05, 3.63) is 0 Å². The Balaban J connectivity index is 0. The second-order valence-corrected chi connectivity index (χ2v) is 0.925. The van der Waals surface area contributed by atoms with Gasteiger partial charge in [0.15, 0.2) is 0 Å². The number of rotatable bonds is 1. The van der Waals surface area contributed by atoms with Crippen LogP contribution in [0.15, 0.2) is 0 Å². The number of hydrogen-bond donors (Lipinski definition) is 0. The zero-order valence-corrected chi connectivity index (χ0v) is 6.76. The van der Waals surface area contributed by atoms with E-state index in [1.807, 2.05) is 6.66 Å². The highest BCUT2D eigenvalue weighted by Gasteiger charge is 1.81. The maximum absolute atomic E-state index is 9.82. The Bertz CT molecular complexity index is 54.4. The molecule has 0 aliphatic heterocycles. The molecular weight excluding hydrogens is 123 g/mol. The van der Waals surface area contributed by atoms with Crippen LogP contribution in [0, 0.1) is 0 Å². The first-order chi connectivity index (χ1) is 3.77. The molecule has 0 fully saturated rings. The van der Waals surface area contributed by atoms with Gasteiger partial charge in [0.1, 0.15) is 0 Å². The van der Waals surface area contributed by atoms with Crippen molar-refractivity contribution >= 4 is 15.2 Å². The summed E-state index contributed by atoms with van der Waals surface area (Å²) >= 11 is 0. The molecule has 0 heterocycles. The highest BCUT2D eigenvalue weighted by Crippen LogP contribution is 1.69. The number of ether oxygens (including phenoxy) is 1. The summed E-state index contributed by atoms with van der Waals surface area (Å²) in [6.45, 7) is 5.57. The van der Waals surface area contributed by atoms with Gasteiger partial charge in [-0.2, -0.15) is 0 Å². The number of carbonyl (C=O) groups excluding carboxylic acids is 1. The predicted octanol–water partition coefficient (Wildman–Crippen LogP) is 1.06. The molecule has 0 aliphatic carbocycles. The van der Waals surface area contributed by atoms with Gasteiger partial charge in [-0.3, -0.25) is 4.79 Å². The first kappa shape index (κ1) is 10.8. The van der Waals surface area contributed by atoms with E-state index in [1.54, 1.807) is 6.92 Å². The standard InChI is InChI=1S/C4H8O2.CH5P/c1-3-6-4(2)5;1-2/h3H2,1-2H3;2H2,1H3. The van der Waals surface area contributed by atoms with Crippen molar-refractivity contribution in [1.29, 1.82) is 0 Å². The maximum atomic E-state index is 9.82. The third-order valence-electron chi connectivity index (χ3n) is 0.348. The van der Waals surface area contributed by atoms with E-state index in [1.165, 1.54) is 6.92 Å². The molecule has 0 N–H and O–H groups in total. The van der Waals surface area contributed by atoms with Crippen molar-refractivity contribution in [3.8, 4) is 0 Å². The molecule has 2 nitrogen and oxygen atoms in total. The molecule has 0 saturated carbocycles. The van der Waals surface area contributed by atoms with Gasteiger partial charge in [0.2, 0.25) is 0 Å². The average molecular weight is 136 g/mol. The molecule has 3 heteroatoms. The summed E-state index contributed by atoms with van der Waals surface area (Å²) in [5.74, 6) is -0.211. The molecule has 50 valence electrons. The van der Waals surface area contributed by atoms with Gasteiger partial charge in [-0.05, 0) is 6.92 Å². The molecular formula is C5H13O2P. The average Bonchev–Trinajstić information content (AvgIpc) is 1.72. The normalized spacial score (nSPS) is 6.50. The summed E-state index contributed by atoms with van der Waals surface area (Å²) in [4.78, 5) is 9.82. The van der Waals surface area contributed by atoms with Crippen LogP contribution in [0.3, 0.4) is 0 Å². The SMILES string of the molecule is CCOC(C)=O.CP. The minimum absolute atomic E-state index is 0.211. The highest BCUT2D eigenvalue weighted by atomic mass is 31.0. The van der Waals surface area contributed by atoms with Gasteiger partial charge < -0.3 is 4.74 Å². The quantitative estimate of drug-likeness (QED) is 0.398. The molecule has 0 aromatic carbocycles. The van der Waals surface area contributed by atoms with Crippen molar-refractivity contribution < 1.29 is 9.53 Å². The van der Waals surface area contributed by atoms with Gasteiger partial charge in [0.25, 0.3) is 0 Å². The van der Waals surface area contributed by atoms with Crippen LogP contribution in [0.1, 0.15) is 13.8 Å². The van der Waals surface area contributed by atoms with E-state index in [0.717, 1.165) is 0 Å². The fraction of sp³-hybridized carbons (Fsp3) is 0.800. The Hall–Kier alpha value is -0.100. The lowest BCUT2D eigenvalue weighted by atomic mass is 10.8. The van der Waals surface area contributed by atoms with Crippen LogP contribution in [0.5, 0.6) is 0 Å². The number of carbonyl (C=O) groups is 1. The molecule has 0 spiro atoms. The van der Waals surface area contributed by atoms with E-state index in [2.05, 4.69) is 14.0 Å². The Kier molecular flexibility index (Phi) is 13.5. The van der Waals surface area contributed by atoms with Crippen molar-refractivity contribution in [2.45, 2.75) is 13.8 Å². The van der Waals surface area contributed by atoms with Crippen LogP contribution in [0.2, 0.25) is 0 Å². The summed E-state index contributed by atoms with van der Waals surface area (Å²) in [6.07, 6.45) is 0. The minimum Gasteiger partial charge on any atom is -0.466 e. The largest absolute Gasteiger partial charge is 0.466 e. The van der Waals surface area contributed by atoms with Crippen molar-refractivity contribution in [1.82, 2.24) is 0 Å². The second-order valence-electron chi connectivity index (χ2n) is 0.925. The molecule has 0 radical (unpaired) electrons. The van der Waals surface area contributed by atoms with E-state index in [0.29, 0.717) is 6.61 Å². The Labute approximate surface area is 52.8 Å². The third kappa shape index (κ3) is 16.8. The molecule has 1 atom stereocenters. The lowest BCUT2D eigenvalue weighted by Gasteiger charge is -1.89. The second kappa shape index (κ2) is 10.0. The van der Waals surface area contributed by atoms with Crippen LogP contribution in [-0.4, -0.2) is 19.2 Å². The molecule has 8 heavy (non-hydrogen) atoms. The Morgan fingerprint density at radius 2 is 2.00 bits per heavy atom. The van der Waals surface area contributed by atoms with Crippen molar-refractivity contribution in [2.24, 2.45) is 0 Å². The topological polar surface area (TPSA) is 26.3 Å². The van der Waals surface area contributed by atoms with Crippen molar-refractivity contribution in [2.75, 3.05) is 13.3 Å². The zero-order valence-electron chi connectivity index (χ0n) is 5.60. The van der Waals surface area contributed by atoms with Gasteiger partial charge in [-0.15, -0.1) is 9.24 Å². The monoisotopic (exact) mass is 136 g/mol. The van der Waals surface area contributed by atoms with Crippen LogP contribution in [0.4, 0.5) is 0 Å². The van der Waals surface area contributed by atoms with Gasteiger partial charge >= 0.3 is 5.97 Å². The van der Waals surface area contributed by atoms with E-state index in [4.69, 9.17) is 0 Å². The van der Waals surface area contributed by atoms with Gasteiger partial charge in [-0.25, -0.2) is 0 Å². The summed E-state index contributed by atoms with van der Waals surface area (Å²) in [7, 11) is 2.42. The van der Waals surface area contributed by atoms with Crippen LogP contribution < -0.4 is 0 Å².